The Labute approximate surface area is 201 Å². The van der Waals surface area contributed by atoms with E-state index in [4.69, 9.17) is 0 Å². The lowest BCUT2D eigenvalue weighted by molar-refractivity contribution is -0.384. The van der Waals surface area contributed by atoms with Gasteiger partial charge >= 0.3 is 0 Å². The first-order chi connectivity index (χ1) is 16.1. The number of likely N-dealkylation sites (N-methyl/N-ethyl adjacent to an activating group) is 1. The van der Waals surface area contributed by atoms with Crippen molar-refractivity contribution in [3.05, 3.63) is 52.1 Å². The highest BCUT2D eigenvalue weighted by atomic mass is 16.6. The molecule has 3 saturated carbocycles. The van der Waals surface area contributed by atoms with Crippen LogP contribution in [0.1, 0.15) is 57.9 Å². The zero-order chi connectivity index (χ0) is 24.3. The summed E-state index contributed by atoms with van der Waals surface area (Å²) in [5.74, 6) is 1.83. The first kappa shape index (κ1) is 23.1. The van der Waals surface area contributed by atoms with E-state index in [2.05, 4.69) is 25.2 Å². The number of nitrogens with zero attached hydrogens (tertiary/aromatic N) is 2. The minimum Gasteiger partial charge on any atom is -0.352 e. The Bertz CT molecular complexity index is 1050. The molecule has 7 nitrogen and oxygen atoms in total. The van der Waals surface area contributed by atoms with Crippen LogP contribution in [0.2, 0.25) is 0 Å². The summed E-state index contributed by atoms with van der Waals surface area (Å²) >= 11 is 0. The van der Waals surface area contributed by atoms with Crippen molar-refractivity contribution >= 4 is 17.5 Å². The Kier molecular flexibility index (Phi) is 5.57. The van der Waals surface area contributed by atoms with E-state index in [9.17, 15) is 19.7 Å². The third kappa shape index (κ3) is 3.46. The molecule has 7 atom stereocenters. The second-order valence-corrected chi connectivity index (χ2v) is 11.4. The van der Waals surface area contributed by atoms with Crippen molar-refractivity contribution in [3.8, 4) is 0 Å². The van der Waals surface area contributed by atoms with Gasteiger partial charge in [-0.25, -0.2) is 0 Å². The Morgan fingerprint density at radius 2 is 1.97 bits per heavy atom. The second-order valence-electron chi connectivity index (χ2n) is 11.4. The molecule has 2 amide bonds. The van der Waals surface area contributed by atoms with E-state index < -0.39 is 4.92 Å². The molecule has 0 radical (unpaired) electrons. The first-order valence-electron chi connectivity index (χ1n) is 12.6. The molecule has 3 aliphatic carbocycles. The standard InChI is InChI=1S/C27H35N3O4/c1-26-13-11-21-19(7-10-23-27(21,2)14-12-24(31)29(23)3)20(26)8-9-22(26)25(32)28-16-17-5-4-6-18(15-17)30(33)34/h4-6,12,14-15,19-23H,7-11,13,16H2,1-3H3,(H,28,32)/t19-,20-,21+,22?,23?,26-,27+/m0/s1. The lowest BCUT2D eigenvalue weighted by atomic mass is 9.47. The molecule has 1 aromatic carbocycles. The molecule has 182 valence electrons. The maximum absolute atomic E-state index is 13.3. The van der Waals surface area contributed by atoms with Crippen LogP contribution in [0.4, 0.5) is 5.69 Å². The van der Waals surface area contributed by atoms with Crippen LogP contribution in [-0.4, -0.2) is 34.7 Å². The number of amides is 2. The topological polar surface area (TPSA) is 92.6 Å². The van der Waals surface area contributed by atoms with Gasteiger partial charge in [0.1, 0.15) is 0 Å². The fourth-order valence-corrected chi connectivity index (χ4v) is 8.26. The maximum Gasteiger partial charge on any atom is 0.269 e. The van der Waals surface area contributed by atoms with Gasteiger partial charge in [-0.2, -0.15) is 0 Å². The van der Waals surface area contributed by atoms with E-state index in [1.165, 1.54) is 12.1 Å². The van der Waals surface area contributed by atoms with Gasteiger partial charge in [0, 0.05) is 43.1 Å². The quantitative estimate of drug-likeness (QED) is 0.525. The van der Waals surface area contributed by atoms with Gasteiger partial charge in [-0.1, -0.05) is 32.1 Å². The van der Waals surface area contributed by atoms with Crippen molar-refractivity contribution in [2.75, 3.05) is 7.05 Å². The number of non-ortho nitro benzene ring substituents is 1. The third-order valence-corrected chi connectivity index (χ3v) is 10.0. The molecular formula is C27H35N3O4. The van der Waals surface area contributed by atoms with Gasteiger partial charge in [-0.05, 0) is 73.3 Å². The molecule has 1 heterocycles. The Morgan fingerprint density at radius 3 is 2.74 bits per heavy atom. The lowest BCUT2D eigenvalue weighted by Gasteiger charge is -2.60. The van der Waals surface area contributed by atoms with Crippen LogP contribution in [0, 0.1) is 44.6 Å². The van der Waals surface area contributed by atoms with E-state index in [1.54, 1.807) is 12.1 Å². The summed E-state index contributed by atoms with van der Waals surface area (Å²) in [4.78, 5) is 38.2. The molecule has 1 aromatic rings. The van der Waals surface area contributed by atoms with Crippen LogP contribution in [0.15, 0.2) is 36.4 Å². The van der Waals surface area contributed by atoms with Gasteiger partial charge in [0.15, 0.2) is 0 Å². The fraction of sp³-hybridized carbons (Fsp3) is 0.630. The molecule has 0 spiro atoms. The average Bonchev–Trinajstić information content (AvgIpc) is 3.18. The van der Waals surface area contributed by atoms with Crippen LogP contribution in [0.25, 0.3) is 0 Å². The van der Waals surface area contributed by atoms with Crippen molar-refractivity contribution in [3.63, 3.8) is 0 Å². The molecule has 7 heteroatoms. The summed E-state index contributed by atoms with van der Waals surface area (Å²) in [5, 5.41) is 14.1. The third-order valence-electron chi connectivity index (χ3n) is 10.0. The number of benzene rings is 1. The maximum atomic E-state index is 13.3. The number of nitro benzene ring substituents is 1. The SMILES string of the molecule is CN1C(=O)C=C[C@@]2(C)C1CC[C@@H]1[C@H]2CC[C@]2(C)C(C(=O)NCc3cccc([N+](=O)[O-])c3)CC[C@@H]12. The van der Waals surface area contributed by atoms with Crippen molar-refractivity contribution < 1.29 is 14.5 Å². The van der Waals surface area contributed by atoms with Crippen molar-refractivity contribution in [1.29, 1.82) is 0 Å². The molecule has 1 aliphatic heterocycles. The summed E-state index contributed by atoms with van der Waals surface area (Å²) in [5.41, 5.74) is 0.790. The predicted octanol–water partition coefficient (Wildman–Crippen LogP) is 4.47. The van der Waals surface area contributed by atoms with E-state index in [0.717, 1.165) is 44.1 Å². The molecule has 0 bridgehead atoms. The zero-order valence-corrected chi connectivity index (χ0v) is 20.3. The minimum atomic E-state index is -0.406. The smallest absolute Gasteiger partial charge is 0.269 e. The average molecular weight is 466 g/mol. The largest absolute Gasteiger partial charge is 0.352 e. The van der Waals surface area contributed by atoms with Crippen molar-refractivity contribution in [2.24, 2.45) is 34.5 Å². The number of fused-ring (bicyclic) bond motifs is 5. The van der Waals surface area contributed by atoms with E-state index >= 15 is 0 Å². The first-order valence-corrected chi connectivity index (χ1v) is 12.6. The Morgan fingerprint density at radius 1 is 1.18 bits per heavy atom. The summed E-state index contributed by atoms with van der Waals surface area (Å²) in [6.07, 6.45) is 10.2. The van der Waals surface area contributed by atoms with E-state index in [1.807, 2.05) is 18.0 Å². The van der Waals surface area contributed by atoms with Crippen LogP contribution in [0.5, 0.6) is 0 Å². The van der Waals surface area contributed by atoms with Gasteiger partial charge in [-0.3, -0.25) is 19.7 Å². The molecule has 5 rings (SSSR count). The van der Waals surface area contributed by atoms with Crippen LogP contribution < -0.4 is 5.32 Å². The number of rotatable bonds is 4. The summed E-state index contributed by atoms with van der Waals surface area (Å²) in [6, 6.07) is 6.75. The lowest BCUT2D eigenvalue weighted by Crippen LogP contribution is -2.59. The van der Waals surface area contributed by atoms with Gasteiger partial charge in [0.2, 0.25) is 11.8 Å². The van der Waals surface area contributed by atoms with Crippen LogP contribution in [-0.2, 0) is 16.1 Å². The fourth-order valence-electron chi connectivity index (χ4n) is 8.26. The monoisotopic (exact) mass is 465 g/mol. The number of hydrogen-bond acceptors (Lipinski definition) is 4. The van der Waals surface area contributed by atoms with Gasteiger partial charge in [0.25, 0.3) is 5.69 Å². The molecule has 0 aromatic heterocycles. The Balaban J connectivity index is 1.30. The molecule has 3 fully saturated rings. The number of nitrogens with one attached hydrogen (secondary N) is 1. The molecule has 2 unspecified atom stereocenters. The highest BCUT2D eigenvalue weighted by molar-refractivity contribution is 5.89. The van der Waals surface area contributed by atoms with Crippen molar-refractivity contribution in [2.45, 2.75) is 65.0 Å². The summed E-state index contributed by atoms with van der Waals surface area (Å²) in [6.45, 7) is 4.97. The normalized spacial score (nSPS) is 38.6. The summed E-state index contributed by atoms with van der Waals surface area (Å²) in [7, 11) is 1.94. The van der Waals surface area contributed by atoms with Gasteiger partial charge < -0.3 is 10.2 Å². The number of hydrogen-bond donors (Lipinski definition) is 1. The second kappa shape index (κ2) is 8.21. The minimum absolute atomic E-state index is 0.00921. The zero-order valence-electron chi connectivity index (χ0n) is 20.3. The number of nitro groups is 1. The van der Waals surface area contributed by atoms with Gasteiger partial charge in [-0.15, -0.1) is 0 Å². The van der Waals surface area contributed by atoms with Crippen LogP contribution >= 0.6 is 0 Å². The predicted molar refractivity (Wildman–Crippen MR) is 129 cm³/mol. The highest BCUT2D eigenvalue weighted by Gasteiger charge is 2.61. The molecule has 0 saturated heterocycles. The highest BCUT2D eigenvalue weighted by Crippen LogP contribution is 2.65. The van der Waals surface area contributed by atoms with Gasteiger partial charge in [0.05, 0.1) is 4.92 Å². The molecular weight excluding hydrogens is 430 g/mol. The van der Waals surface area contributed by atoms with E-state index in [0.29, 0.717) is 24.3 Å². The summed E-state index contributed by atoms with van der Waals surface area (Å²) < 4.78 is 0. The Hall–Kier alpha value is -2.70. The molecule has 34 heavy (non-hydrogen) atoms. The molecule has 4 aliphatic rings. The molecule has 1 N–H and O–H groups in total. The van der Waals surface area contributed by atoms with Crippen molar-refractivity contribution in [1.82, 2.24) is 10.2 Å². The van der Waals surface area contributed by atoms with Crippen LogP contribution in [0.3, 0.4) is 0 Å². The number of carbonyl (C=O) groups is 2. The number of carbonyl (C=O) groups excluding carboxylic acids is 2. The van der Waals surface area contributed by atoms with E-state index in [-0.39, 0.29) is 40.3 Å².